The first kappa shape index (κ1) is 15.9. The zero-order valence-corrected chi connectivity index (χ0v) is 13.2. The second kappa shape index (κ2) is 4.75. The van der Waals surface area contributed by atoms with Crippen LogP contribution in [0.25, 0.3) is 0 Å². The Hall–Kier alpha value is -0.525. The summed E-state index contributed by atoms with van der Waals surface area (Å²) >= 11 is 3.06. The first-order valence-electron chi connectivity index (χ1n) is 6.16. The summed E-state index contributed by atoms with van der Waals surface area (Å²) < 4.78 is 51.1. The fraction of sp³-hybridized carbons (Fsp3) is 0.538. The van der Waals surface area contributed by atoms with E-state index in [0.717, 1.165) is 6.07 Å². The lowest BCUT2D eigenvalue weighted by atomic mass is 9.76. The Labute approximate surface area is 124 Å². The van der Waals surface area contributed by atoms with Crippen LogP contribution >= 0.6 is 15.9 Å². The van der Waals surface area contributed by atoms with E-state index in [9.17, 15) is 13.2 Å². The second-order valence-corrected chi connectivity index (χ2v) is 6.73. The number of halogens is 4. The first-order chi connectivity index (χ1) is 8.94. The van der Waals surface area contributed by atoms with Crippen molar-refractivity contribution in [2.75, 3.05) is 0 Å². The summed E-state index contributed by atoms with van der Waals surface area (Å²) in [6.07, 6.45) is -4.46. The van der Waals surface area contributed by atoms with E-state index in [4.69, 9.17) is 9.31 Å². The first-order valence-corrected chi connectivity index (χ1v) is 6.96. The molecule has 0 saturated carbocycles. The van der Waals surface area contributed by atoms with Gasteiger partial charge in [-0.05, 0) is 45.3 Å². The molecule has 0 spiro atoms. The number of hydrogen-bond donors (Lipinski definition) is 0. The molecule has 1 aromatic rings. The normalized spacial score (nSPS) is 21.3. The predicted octanol–water partition coefficient (Wildman–Crippen LogP) is 3.77. The Morgan fingerprint density at radius 3 is 2.00 bits per heavy atom. The van der Waals surface area contributed by atoms with Crippen molar-refractivity contribution in [1.82, 2.24) is 0 Å². The van der Waals surface area contributed by atoms with Crippen molar-refractivity contribution in [3.05, 3.63) is 28.2 Å². The molecule has 1 fully saturated rings. The molecule has 1 aliphatic heterocycles. The maximum Gasteiger partial charge on any atom is 0.495 e. The second-order valence-electron chi connectivity index (χ2n) is 5.82. The zero-order valence-electron chi connectivity index (χ0n) is 11.6. The van der Waals surface area contributed by atoms with Gasteiger partial charge in [-0.1, -0.05) is 22.0 Å². The monoisotopic (exact) mass is 350 g/mol. The number of rotatable bonds is 1. The summed E-state index contributed by atoms with van der Waals surface area (Å²) in [6, 6.07) is 3.98. The van der Waals surface area contributed by atoms with E-state index in [1.807, 2.05) is 0 Å². The van der Waals surface area contributed by atoms with Crippen molar-refractivity contribution in [3.63, 3.8) is 0 Å². The van der Waals surface area contributed by atoms with Gasteiger partial charge in [0.15, 0.2) is 0 Å². The largest absolute Gasteiger partial charge is 0.495 e. The molecule has 0 N–H and O–H groups in total. The van der Waals surface area contributed by atoms with Crippen molar-refractivity contribution in [1.29, 1.82) is 0 Å². The van der Waals surface area contributed by atoms with Crippen LogP contribution in [0.4, 0.5) is 13.2 Å². The van der Waals surface area contributed by atoms with E-state index in [2.05, 4.69) is 15.9 Å². The molecule has 0 aliphatic carbocycles. The van der Waals surface area contributed by atoms with Gasteiger partial charge in [-0.3, -0.25) is 0 Å². The van der Waals surface area contributed by atoms with Crippen LogP contribution in [-0.4, -0.2) is 18.3 Å². The summed E-state index contributed by atoms with van der Waals surface area (Å²) in [4.78, 5) is 0. The highest BCUT2D eigenvalue weighted by Gasteiger charge is 2.53. The Morgan fingerprint density at radius 2 is 1.55 bits per heavy atom. The van der Waals surface area contributed by atoms with Crippen LogP contribution in [0.2, 0.25) is 0 Å². The van der Waals surface area contributed by atoms with E-state index in [1.54, 1.807) is 33.8 Å². The van der Waals surface area contributed by atoms with Crippen molar-refractivity contribution in [2.24, 2.45) is 0 Å². The van der Waals surface area contributed by atoms with Gasteiger partial charge in [0, 0.05) is 4.47 Å². The summed E-state index contributed by atoms with van der Waals surface area (Å²) in [6.45, 7) is 7.22. The maximum atomic E-state index is 13.1. The van der Waals surface area contributed by atoms with Crippen LogP contribution in [0.3, 0.4) is 0 Å². The van der Waals surface area contributed by atoms with Crippen LogP contribution in [-0.2, 0) is 15.5 Å². The molecular weight excluding hydrogens is 336 g/mol. The highest BCUT2D eigenvalue weighted by atomic mass is 79.9. The predicted molar refractivity (Wildman–Crippen MR) is 74.9 cm³/mol. The van der Waals surface area contributed by atoms with Crippen LogP contribution < -0.4 is 5.46 Å². The average molecular weight is 351 g/mol. The summed E-state index contributed by atoms with van der Waals surface area (Å²) in [5, 5.41) is 0. The van der Waals surface area contributed by atoms with Gasteiger partial charge in [-0.15, -0.1) is 0 Å². The van der Waals surface area contributed by atoms with E-state index in [1.165, 1.54) is 6.07 Å². The van der Waals surface area contributed by atoms with Crippen LogP contribution in [0.15, 0.2) is 22.7 Å². The van der Waals surface area contributed by atoms with E-state index < -0.39 is 30.1 Å². The minimum absolute atomic E-state index is 0.000602. The van der Waals surface area contributed by atoms with Gasteiger partial charge in [0.2, 0.25) is 0 Å². The summed E-state index contributed by atoms with van der Waals surface area (Å²) in [5.74, 6) is 0. The maximum absolute atomic E-state index is 13.1. The Bertz CT molecular complexity index is 513. The van der Waals surface area contributed by atoms with Gasteiger partial charge in [-0.2, -0.15) is 13.2 Å². The summed E-state index contributed by atoms with van der Waals surface area (Å²) in [5.41, 5.74) is -2.09. The smallest absolute Gasteiger partial charge is 0.399 e. The molecule has 1 aromatic carbocycles. The number of alkyl halides is 3. The molecular formula is C13H15BBrF3O2. The van der Waals surface area contributed by atoms with Crippen molar-refractivity contribution in [3.8, 4) is 0 Å². The highest BCUT2D eigenvalue weighted by Crippen LogP contribution is 2.38. The van der Waals surface area contributed by atoms with Crippen LogP contribution in [0, 0.1) is 0 Å². The molecule has 7 heteroatoms. The van der Waals surface area contributed by atoms with E-state index >= 15 is 0 Å². The molecule has 0 radical (unpaired) electrons. The molecule has 0 aromatic heterocycles. The minimum atomic E-state index is -4.46. The van der Waals surface area contributed by atoms with Gasteiger partial charge in [0.25, 0.3) is 0 Å². The molecule has 0 unspecified atom stereocenters. The fourth-order valence-corrected chi connectivity index (χ4v) is 2.31. The molecule has 1 aliphatic rings. The van der Waals surface area contributed by atoms with Gasteiger partial charge < -0.3 is 9.31 Å². The highest BCUT2D eigenvalue weighted by molar-refractivity contribution is 9.10. The molecule has 0 bridgehead atoms. The Balaban J connectivity index is 2.46. The third-order valence-electron chi connectivity index (χ3n) is 3.83. The van der Waals surface area contributed by atoms with Crippen molar-refractivity contribution >= 4 is 28.5 Å². The van der Waals surface area contributed by atoms with Crippen LogP contribution in [0.1, 0.15) is 33.3 Å². The molecule has 0 amide bonds. The average Bonchev–Trinajstić information content (AvgIpc) is 2.46. The van der Waals surface area contributed by atoms with Gasteiger partial charge >= 0.3 is 13.3 Å². The van der Waals surface area contributed by atoms with Gasteiger partial charge in [0.1, 0.15) is 0 Å². The fourth-order valence-electron chi connectivity index (χ4n) is 1.95. The third kappa shape index (κ3) is 2.76. The SMILES string of the molecule is CC1(C)OB(c2ccc(Br)cc2C(F)(F)F)OC1(C)C. The van der Waals surface area contributed by atoms with E-state index in [0.29, 0.717) is 4.47 Å². The lowest BCUT2D eigenvalue weighted by molar-refractivity contribution is -0.136. The molecule has 110 valence electrons. The quantitative estimate of drug-likeness (QED) is 0.718. The standard InChI is InChI=1S/C13H15BBrF3O2/c1-11(2)12(3,4)20-14(19-11)10-6-5-8(15)7-9(10)13(16,17)18/h5-7H,1-4H3. The van der Waals surface area contributed by atoms with Crippen LogP contribution in [0.5, 0.6) is 0 Å². The molecule has 20 heavy (non-hydrogen) atoms. The lowest BCUT2D eigenvalue weighted by Crippen LogP contribution is -2.41. The van der Waals surface area contributed by atoms with Gasteiger partial charge in [-0.25, -0.2) is 0 Å². The molecule has 2 rings (SSSR count). The molecule has 0 atom stereocenters. The number of benzene rings is 1. The number of hydrogen-bond acceptors (Lipinski definition) is 2. The Kier molecular flexibility index (Phi) is 3.76. The van der Waals surface area contributed by atoms with Crippen molar-refractivity contribution < 1.29 is 22.5 Å². The summed E-state index contributed by atoms with van der Waals surface area (Å²) in [7, 11) is -1.02. The lowest BCUT2D eigenvalue weighted by Gasteiger charge is -2.32. The minimum Gasteiger partial charge on any atom is -0.399 e. The van der Waals surface area contributed by atoms with Gasteiger partial charge in [0.05, 0.1) is 16.8 Å². The van der Waals surface area contributed by atoms with E-state index in [-0.39, 0.29) is 5.46 Å². The Morgan fingerprint density at radius 1 is 1.05 bits per heavy atom. The van der Waals surface area contributed by atoms with Crippen molar-refractivity contribution in [2.45, 2.75) is 45.1 Å². The molecule has 2 nitrogen and oxygen atoms in total. The third-order valence-corrected chi connectivity index (χ3v) is 4.32. The molecule has 1 heterocycles. The molecule has 1 saturated heterocycles. The topological polar surface area (TPSA) is 18.5 Å². The zero-order chi connectivity index (χ0) is 15.3.